The van der Waals surface area contributed by atoms with Gasteiger partial charge < -0.3 is 10.1 Å². The van der Waals surface area contributed by atoms with Crippen LogP contribution in [0.25, 0.3) is 0 Å². The van der Waals surface area contributed by atoms with Gasteiger partial charge >= 0.3 is 0 Å². The van der Waals surface area contributed by atoms with Crippen molar-refractivity contribution in [2.75, 3.05) is 6.61 Å². The van der Waals surface area contributed by atoms with Crippen LogP contribution < -0.4 is 10.1 Å². The van der Waals surface area contributed by atoms with E-state index in [-0.39, 0.29) is 0 Å². The summed E-state index contributed by atoms with van der Waals surface area (Å²) in [4.78, 5) is 0. The highest BCUT2D eigenvalue weighted by molar-refractivity contribution is 9.11. The van der Waals surface area contributed by atoms with Crippen molar-refractivity contribution < 1.29 is 4.74 Å². The number of halogens is 2. The molecule has 0 bridgehead atoms. The van der Waals surface area contributed by atoms with Gasteiger partial charge in [0, 0.05) is 12.1 Å². The molecule has 1 aliphatic rings. The molecule has 1 fully saturated rings. The van der Waals surface area contributed by atoms with Gasteiger partial charge in [0.2, 0.25) is 0 Å². The normalized spacial score (nSPS) is 17.1. The van der Waals surface area contributed by atoms with Crippen molar-refractivity contribution in [3.8, 4) is 5.75 Å². The predicted octanol–water partition coefficient (Wildman–Crippen LogP) is 5.03. The Morgan fingerprint density at radius 3 is 2.26 bits per heavy atom. The van der Waals surface area contributed by atoms with E-state index in [2.05, 4.69) is 56.2 Å². The second kappa shape index (κ2) is 6.59. The smallest absolute Gasteiger partial charge is 0.147 e. The van der Waals surface area contributed by atoms with Crippen molar-refractivity contribution in [1.29, 1.82) is 0 Å². The monoisotopic (exact) mass is 389 g/mol. The predicted molar refractivity (Wildman–Crippen MR) is 86.7 cm³/mol. The van der Waals surface area contributed by atoms with Crippen LogP contribution in [-0.2, 0) is 6.54 Å². The maximum atomic E-state index is 5.61. The molecule has 4 heteroatoms. The maximum absolute atomic E-state index is 5.61. The first kappa shape index (κ1) is 15.3. The van der Waals surface area contributed by atoms with E-state index >= 15 is 0 Å². The van der Waals surface area contributed by atoms with Crippen LogP contribution in [0.15, 0.2) is 21.1 Å². The van der Waals surface area contributed by atoms with Gasteiger partial charge in [-0.3, -0.25) is 0 Å². The molecular formula is C15H21Br2NO. The molecular weight excluding hydrogens is 370 g/mol. The molecule has 106 valence electrons. The zero-order chi connectivity index (χ0) is 13.9. The van der Waals surface area contributed by atoms with Gasteiger partial charge in [-0.2, -0.15) is 0 Å². The molecule has 0 atom stereocenters. The molecule has 1 N–H and O–H groups in total. The highest BCUT2D eigenvalue weighted by atomic mass is 79.9. The topological polar surface area (TPSA) is 21.3 Å². The summed E-state index contributed by atoms with van der Waals surface area (Å²) in [6.45, 7) is 5.86. The highest BCUT2D eigenvalue weighted by Crippen LogP contribution is 2.37. The quantitative estimate of drug-likeness (QED) is 0.735. The molecule has 0 unspecified atom stereocenters. The molecule has 0 amide bonds. The van der Waals surface area contributed by atoms with Crippen LogP contribution >= 0.6 is 31.9 Å². The molecule has 1 aliphatic carbocycles. The van der Waals surface area contributed by atoms with Crippen molar-refractivity contribution in [3.63, 3.8) is 0 Å². The van der Waals surface area contributed by atoms with Crippen LogP contribution in [0.4, 0.5) is 0 Å². The van der Waals surface area contributed by atoms with Gasteiger partial charge in [0.05, 0.1) is 15.6 Å². The number of hydrogen-bond acceptors (Lipinski definition) is 2. The summed E-state index contributed by atoms with van der Waals surface area (Å²) < 4.78 is 7.63. The Balaban J connectivity index is 2.05. The van der Waals surface area contributed by atoms with Crippen molar-refractivity contribution in [2.45, 2.75) is 51.6 Å². The summed E-state index contributed by atoms with van der Waals surface area (Å²) in [6, 6.07) is 4.29. The van der Waals surface area contributed by atoms with Gasteiger partial charge in [0.25, 0.3) is 0 Å². The fourth-order valence-electron chi connectivity index (χ4n) is 2.55. The Morgan fingerprint density at radius 2 is 1.84 bits per heavy atom. The van der Waals surface area contributed by atoms with E-state index in [9.17, 15) is 0 Å². The third-order valence-electron chi connectivity index (χ3n) is 4.00. The highest BCUT2D eigenvalue weighted by Gasteiger charge is 2.34. The third kappa shape index (κ3) is 3.53. The first-order chi connectivity index (χ1) is 9.10. The van der Waals surface area contributed by atoms with Gasteiger partial charge in [0.1, 0.15) is 5.75 Å². The summed E-state index contributed by atoms with van der Waals surface area (Å²) in [5.74, 6) is 0.889. The number of nitrogens with one attached hydrogen (secondary N) is 1. The average molecular weight is 391 g/mol. The lowest BCUT2D eigenvalue weighted by Gasteiger charge is -2.42. The van der Waals surface area contributed by atoms with Crippen LogP contribution in [0, 0.1) is 0 Å². The van der Waals surface area contributed by atoms with Crippen molar-refractivity contribution >= 4 is 31.9 Å². The van der Waals surface area contributed by atoms with Crippen LogP contribution in [0.5, 0.6) is 5.75 Å². The second-order valence-electron chi connectivity index (χ2n) is 5.16. The first-order valence-electron chi connectivity index (χ1n) is 6.96. The summed E-state index contributed by atoms with van der Waals surface area (Å²) in [5.41, 5.74) is 1.67. The van der Waals surface area contributed by atoms with Crippen LogP contribution in [0.3, 0.4) is 0 Å². The van der Waals surface area contributed by atoms with E-state index in [1.807, 2.05) is 6.92 Å². The summed E-state index contributed by atoms with van der Waals surface area (Å²) >= 11 is 7.17. The third-order valence-corrected chi connectivity index (χ3v) is 5.18. The SMILES string of the molecule is CCOc1c(Br)cc(CNC2(CC)CCC2)cc1Br. The molecule has 0 radical (unpaired) electrons. The molecule has 0 saturated heterocycles. The molecule has 0 aliphatic heterocycles. The molecule has 1 aromatic rings. The van der Waals surface area contributed by atoms with Gasteiger partial charge in [-0.15, -0.1) is 0 Å². The lowest BCUT2D eigenvalue weighted by atomic mass is 9.75. The van der Waals surface area contributed by atoms with Crippen molar-refractivity contribution in [3.05, 3.63) is 26.6 Å². The first-order valence-corrected chi connectivity index (χ1v) is 8.54. The maximum Gasteiger partial charge on any atom is 0.147 e. The minimum absolute atomic E-state index is 0.386. The Hall–Kier alpha value is -0.0600. The van der Waals surface area contributed by atoms with E-state index in [0.717, 1.165) is 21.2 Å². The van der Waals surface area contributed by atoms with E-state index in [4.69, 9.17) is 4.74 Å². The minimum Gasteiger partial charge on any atom is -0.492 e. The zero-order valence-electron chi connectivity index (χ0n) is 11.6. The van der Waals surface area contributed by atoms with Crippen molar-refractivity contribution in [1.82, 2.24) is 5.32 Å². The van der Waals surface area contributed by atoms with Gasteiger partial charge in [-0.1, -0.05) is 6.92 Å². The fraction of sp³-hybridized carbons (Fsp3) is 0.600. The number of hydrogen-bond donors (Lipinski definition) is 1. The van der Waals surface area contributed by atoms with Gasteiger partial charge in [0.15, 0.2) is 0 Å². The van der Waals surface area contributed by atoms with Gasteiger partial charge in [-0.05, 0) is 82.2 Å². The summed E-state index contributed by atoms with van der Waals surface area (Å²) in [6.07, 6.45) is 5.19. The Kier molecular flexibility index (Phi) is 5.32. The Morgan fingerprint density at radius 1 is 1.21 bits per heavy atom. The zero-order valence-corrected chi connectivity index (χ0v) is 14.7. The molecule has 1 saturated carbocycles. The van der Waals surface area contributed by atoms with Crippen LogP contribution in [0.1, 0.15) is 45.1 Å². The van der Waals surface area contributed by atoms with Crippen LogP contribution in [0.2, 0.25) is 0 Å². The number of benzene rings is 1. The minimum atomic E-state index is 0.386. The molecule has 1 aromatic carbocycles. The Bertz CT molecular complexity index is 415. The Labute approximate surface area is 132 Å². The van der Waals surface area contributed by atoms with Crippen LogP contribution in [-0.4, -0.2) is 12.1 Å². The molecule has 0 aromatic heterocycles. The molecule has 2 nitrogen and oxygen atoms in total. The van der Waals surface area contributed by atoms with E-state index < -0.39 is 0 Å². The number of ether oxygens (including phenoxy) is 1. The lowest BCUT2D eigenvalue weighted by Crippen LogP contribution is -2.49. The fourth-order valence-corrected chi connectivity index (χ4v) is 4.06. The van der Waals surface area contributed by atoms with E-state index in [1.165, 1.54) is 31.2 Å². The molecule has 0 spiro atoms. The van der Waals surface area contributed by atoms with E-state index in [1.54, 1.807) is 0 Å². The summed E-state index contributed by atoms with van der Waals surface area (Å²) in [5, 5.41) is 3.72. The van der Waals surface area contributed by atoms with Crippen molar-refractivity contribution in [2.24, 2.45) is 0 Å². The van der Waals surface area contributed by atoms with E-state index in [0.29, 0.717) is 12.1 Å². The molecule has 2 rings (SSSR count). The number of rotatable bonds is 6. The molecule has 19 heavy (non-hydrogen) atoms. The second-order valence-corrected chi connectivity index (χ2v) is 6.87. The molecule has 0 heterocycles. The standard InChI is InChI=1S/C15H21Br2NO/c1-3-15(6-5-7-15)18-10-11-8-12(16)14(19-4-2)13(17)9-11/h8-9,18H,3-7,10H2,1-2H3. The van der Waals surface area contributed by atoms with Gasteiger partial charge in [-0.25, -0.2) is 0 Å². The summed E-state index contributed by atoms with van der Waals surface area (Å²) in [7, 11) is 0. The average Bonchev–Trinajstić information content (AvgIpc) is 2.33. The lowest BCUT2D eigenvalue weighted by molar-refractivity contribution is 0.175. The largest absolute Gasteiger partial charge is 0.492 e.